The lowest BCUT2D eigenvalue weighted by molar-refractivity contribution is 0.207. The Balaban J connectivity index is 1.83. The Bertz CT molecular complexity index is 760. The molecule has 0 unspecified atom stereocenters. The molecule has 1 aromatic carbocycles. The SMILES string of the molecule is COc1ccc(-n2nnnc2S[C@@H]2CS(=O)(=O)C[C@@H]2O)cc1. The van der Waals surface area contributed by atoms with Crippen molar-refractivity contribution < 1.29 is 18.3 Å². The van der Waals surface area contributed by atoms with E-state index in [4.69, 9.17) is 4.74 Å². The lowest BCUT2D eigenvalue weighted by Gasteiger charge is -2.11. The summed E-state index contributed by atoms with van der Waals surface area (Å²) in [4.78, 5) is 0. The summed E-state index contributed by atoms with van der Waals surface area (Å²) in [6, 6.07) is 7.14. The second kappa shape index (κ2) is 5.86. The highest BCUT2D eigenvalue weighted by atomic mass is 32.2. The first kappa shape index (κ1) is 15.3. The Hall–Kier alpha value is -1.65. The van der Waals surface area contributed by atoms with Crippen molar-refractivity contribution in [2.24, 2.45) is 0 Å². The molecule has 0 radical (unpaired) electrons. The topological polar surface area (TPSA) is 107 Å². The summed E-state index contributed by atoms with van der Waals surface area (Å²) in [5, 5.41) is 21.3. The standard InChI is InChI=1S/C12H14N4O4S2/c1-20-9-4-2-8(3-5-9)16-12(13-14-15-16)21-11-7-22(18,19)6-10(11)17/h2-5,10-11,17H,6-7H2,1H3/t10-,11+/m0/s1. The third-order valence-corrected chi connectivity index (χ3v) is 6.46. The van der Waals surface area contributed by atoms with Gasteiger partial charge in [-0.3, -0.25) is 0 Å². The predicted molar refractivity (Wildman–Crippen MR) is 80.0 cm³/mol. The molecule has 0 aliphatic carbocycles. The fourth-order valence-corrected chi connectivity index (χ4v) is 5.66. The summed E-state index contributed by atoms with van der Waals surface area (Å²) in [7, 11) is -1.62. The van der Waals surface area contributed by atoms with Crippen LogP contribution in [-0.2, 0) is 9.84 Å². The van der Waals surface area contributed by atoms with Crippen LogP contribution in [0.25, 0.3) is 5.69 Å². The predicted octanol–water partition coefficient (Wildman–Crippen LogP) is -0.0791. The van der Waals surface area contributed by atoms with E-state index in [2.05, 4.69) is 15.5 Å². The molecular weight excluding hydrogens is 328 g/mol. The molecule has 2 heterocycles. The summed E-state index contributed by atoms with van der Waals surface area (Å²) in [5.41, 5.74) is 0.726. The van der Waals surface area contributed by atoms with E-state index in [0.717, 1.165) is 5.69 Å². The van der Waals surface area contributed by atoms with Crippen LogP contribution in [0.15, 0.2) is 29.4 Å². The van der Waals surface area contributed by atoms with Gasteiger partial charge in [0.1, 0.15) is 5.75 Å². The number of aliphatic hydroxyl groups is 1. The molecule has 1 aliphatic heterocycles. The van der Waals surface area contributed by atoms with Crippen molar-refractivity contribution in [3.8, 4) is 11.4 Å². The first-order valence-corrected chi connectivity index (χ1v) is 9.16. The number of nitrogens with zero attached hydrogens (tertiary/aromatic N) is 4. The maximum atomic E-state index is 11.6. The molecule has 118 valence electrons. The van der Waals surface area contributed by atoms with Crippen molar-refractivity contribution in [3.05, 3.63) is 24.3 Å². The average Bonchev–Trinajstić information content (AvgIpc) is 3.03. The molecule has 0 spiro atoms. The fraction of sp³-hybridized carbons (Fsp3) is 0.417. The minimum absolute atomic E-state index is 0.0751. The van der Waals surface area contributed by atoms with Gasteiger partial charge in [0, 0.05) is 0 Å². The average molecular weight is 342 g/mol. The van der Waals surface area contributed by atoms with Crippen LogP contribution < -0.4 is 4.74 Å². The Kier molecular flexibility index (Phi) is 4.06. The number of thioether (sulfide) groups is 1. The quantitative estimate of drug-likeness (QED) is 0.822. The van der Waals surface area contributed by atoms with Gasteiger partial charge in [0.05, 0.1) is 35.7 Å². The van der Waals surface area contributed by atoms with Crippen molar-refractivity contribution in [1.29, 1.82) is 0 Å². The number of ether oxygens (including phenoxy) is 1. The summed E-state index contributed by atoms with van der Waals surface area (Å²) < 4.78 is 29.7. The lowest BCUT2D eigenvalue weighted by Crippen LogP contribution is -2.20. The molecule has 1 aromatic heterocycles. The van der Waals surface area contributed by atoms with Gasteiger partial charge >= 0.3 is 0 Å². The molecule has 8 nitrogen and oxygen atoms in total. The van der Waals surface area contributed by atoms with E-state index < -0.39 is 21.2 Å². The molecule has 1 N–H and O–H groups in total. The molecule has 3 rings (SSSR count). The van der Waals surface area contributed by atoms with E-state index >= 15 is 0 Å². The van der Waals surface area contributed by atoms with Crippen LogP contribution in [0.5, 0.6) is 5.75 Å². The van der Waals surface area contributed by atoms with Crippen LogP contribution in [0.3, 0.4) is 0 Å². The summed E-state index contributed by atoms with van der Waals surface area (Å²) in [5.74, 6) is 0.423. The van der Waals surface area contributed by atoms with Gasteiger partial charge in [0.25, 0.3) is 0 Å². The number of tetrazole rings is 1. The number of hydrogen-bond donors (Lipinski definition) is 1. The minimum atomic E-state index is -3.20. The largest absolute Gasteiger partial charge is 0.497 e. The highest BCUT2D eigenvalue weighted by molar-refractivity contribution is 8.01. The van der Waals surface area contributed by atoms with Crippen molar-refractivity contribution in [1.82, 2.24) is 20.2 Å². The van der Waals surface area contributed by atoms with Gasteiger partial charge in [0.15, 0.2) is 9.84 Å². The second-order valence-corrected chi connectivity index (χ2v) is 8.23. The number of sulfone groups is 1. The number of methoxy groups -OCH3 is 1. The molecule has 2 aromatic rings. The van der Waals surface area contributed by atoms with Crippen LogP contribution in [0, 0.1) is 0 Å². The van der Waals surface area contributed by atoms with E-state index in [9.17, 15) is 13.5 Å². The fourth-order valence-electron chi connectivity index (χ4n) is 2.18. The number of rotatable bonds is 4. The molecule has 1 saturated heterocycles. The smallest absolute Gasteiger partial charge is 0.214 e. The molecule has 22 heavy (non-hydrogen) atoms. The van der Waals surface area contributed by atoms with Crippen LogP contribution in [0.1, 0.15) is 0 Å². The molecular formula is C12H14N4O4S2. The molecule has 0 bridgehead atoms. The van der Waals surface area contributed by atoms with Crippen LogP contribution in [0.4, 0.5) is 0 Å². The Morgan fingerprint density at radius 1 is 1.32 bits per heavy atom. The van der Waals surface area contributed by atoms with Gasteiger partial charge in [-0.1, -0.05) is 11.8 Å². The molecule has 10 heteroatoms. The van der Waals surface area contributed by atoms with Crippen LogP contribution >= 0.6 is 11.8 Å². The second-order valence-electron chi connectivity index (χ2n) is 4.87. The summed E-state index contributed by atoms with van der Waals surface area (Å²) in [6.07, 6.45) is -0.906. The van der Waals surface area contributed by atoms with E-state index in [-0.39, 0.29) is 11.5 Å². The zero-order chi connectivity index (χ0) is 15.7. The zero-order valence-corrected chi connectivity index (χ0v) is 13.3. The van der Waals surface area contributed by atoms with Crippen molar-refractivity contribution >= 4 is 21.6 Å². The normalized spacial score (nSPS) is 23.5. The van der Waals surface area contributed by atoms with Gasteiger partial charge in [-0.05, 0) is 34.7 Å². The van der Waals surface area contributed by atoms with Gasteiger partial charge in [-0.15, -0.1) is 5.10 Å². The number of hydrogen-bond acceptors (Lipinski definition) is 8. The first-order chi connectivity index (χ1) is 10.5. The molecule has 1 fully saturated rings. The maximum absolute atomic E-state index is 11.6. The third kappa shape index (κ3) is 3.08. The molecule has 2 atom stereocenters. The molecule has 0 amide bonds. The van der Waals surface area contributed by atoms with Crippen molar-refractivity contribution in [2.45, 2.75) is 16.5 Å². The van der Waals surface area contributed by atoms with Gasteiger partial charge in [-0.2, -0.15) is 4.68 Å². The number of aromatic nitrogens is 4. The van der Waals surface area contributed by atoms with Gasteiger partial charge < -0.3 is 9.84 Å². The highest BCUT2D eigenvalue weighted by Gasteiger charge is 2.38. The van der Waals surface area contributed by atoms with Gasteiger partial charge in [0.2, 0.25) is 5.16 Å². The van der Waals surface area contributed by atoms with Crippen molar-refractivity contribution in [2.75, 3.05) is 18.6 Å². The van der Waals surface area contributed by atoms with Crippen LogP contribution in [-0.4, -0.2) is 63.7 Å². The van der Waals surface area contributed by atoms with E-state index in [1.165, 1.54) is 16.4 Å². The first-order valence-electron chi connectivity index (χ1n) is 6.46. The van der Waals surface area contributed by atoms with E-state index in [1.807, 2.05) is 0 Å². The maximum Gasteiger partial charge on any atom is 0.214 e. The summed E-state index contributed by atoms with van der Waals surface area (Å²) >= 11 is 1.17. The highest BCUT2D eigenvalue weighted by Crippen LogP contribution is 2.30. The molecule has 1 aliphatic rings. The molecule has 0 saturated carbocycles. The Labute approximate surface area is 131 Å². The number of aliphatic hydroxyl groups excluding tert-OH is 1. The number of benzene rings is 1. The van der Waals surface area contributed by atoms with Crippen molar-refractivity contribution in [3.63, 3.8) is 0 Å². The van der Waals surface area contributed by atoms with E-state index in [0.29, 0.717) is 10.9 Å². The van der Waals surface area contributed by atoms with E-state index in [1.54, 1.807) is 31.4 Å². The summed E-state index contributed by atoms with van der Waals surface area (Å²) in [6.45, 7) is 0. The Morgan fingerprint density at radius 3 is 2.64 bits per heavy atom. The minimum Gasteiger partial charge on any atom is -0.497 e. The zero-order valence-electron chi connectivity index (χ0n) is 11.7. The lowest BCUT2D eigenvalue weighted by atomic mass is 10.3. The van der Waals surface area contributed by atoms with Crippen LogP contribution in [0.2, 0.25) is 0 Å². The monoisotopic (exact) mass is 342 g/mol. The third-order valence-electron chi connectivity index (χ3n) is 3.29. The van der Waals surface area contributed by atoms with Gasteiger partial charge in [-0.25, -0.2) is 8.42 Å². The Morgan fingerprint density at radius 2 is 2.05 bits per heavy atom.